The molecule has 0 aliphatic rings. The number of ketones is 1. The highest BCUT2D eigenvalue weighted by molar-refractivity contribution is 6.15. The van der Waals surface area contributed by atoms with Gasteiger partial charge in [0, 0.05) is 77.6 Å². The highest BCUT2D eigenvalue weighted by Crippen LogP contribution is 2.40. The summed E-state index contributed by atoms with van der Waals surface area (Å²) in [5, 5.41) is 6.94. The fourth-order valence-electron chi connectivity index (χ4n) is 10.3. The molecule has 0 aliphatic heterocycles. The second-order valence-corrected chi connectivity index (χ2v) is 17.0. The van der Waals surface area contributed by atoms with Crippen molar-refractivity contribution in [3.05, 3.63) is 254 Å². The smallest absolute Gasteiger partial charge is 0.193 e. The highest BCUT2D eigenvalue weighted by Gasteiger charge is 2.20. The van der Waals surface area contributed by atoms with Crippen molar-refractivity contribution >= 4 is 88.3 Å². The first-order chi connectivity index (χ1) is 33.1. The maximum atomic E-state index is 13.7. The van der Waals surface area contributed by atoms with Crippen molar-refractivity contribution in [1.29, 1.82) is 0 Å². The highest BCUT2D eigenvalue weighted by atomic mass is 19.1. The average Bonchev–Trinajstić information content (AvgIpc) is 4.03. The van der Waals surface area contributed by atoms with Crippen molar-refractivity contribution in [2.75, 3.05) is 4.90 Å². The van der Waals surface area contributed by atoms with E-state index in [1.54, 1.807) is 0 Å². The van der Waals surface area contributed by atoms with Crippen molar-refractivity contribution < 1.29 is 9.18 Å². The molecule has 0 amide bonds. The third-order valence-corrected chi connectivity index (χ3v) is 13.3. The Morgan fingerprint density at radius 2 is 0.612 bits per heavy atom. The molecule has 0 fully saturated rings. The molecule has 0 atom stereocenters. The zero-order chi connectivity index (χ0) is 44.6. The lowest BCUT2D eigenvalue weighted by Gasteiger charge is -2.26. The first-order valence-electron chi connectivity index (χ1n) is 22.5. The van der Waals surface area contributed by atoms with Gasteiger partial charge >= 0.3 is 0 Å². The van der Waals surface area contributed by atoms with Crippen LogP contribution in [0.2, 0.25) is 0 Å². The van der Waals surface area contributed by atoms with Gasteiger partial charge in [-0.3, -0.25) is 4.79 Å². The molecule has 0 radical (unpaired) electrons. The Hall–Kier alpha value is -9.00. The van der Waals surface area contributed by atoms with Crippen LogP contribution in [-0.4, -0.2) is 19.5 Å². The van der Waals surface area contributed by atoms with E-state index in [-0.39, 0.29) is 11.6 Å². The van der Waals surface area contributed by atoms with E-state index < -0.39 is 0 Å². The summed E-state index contributed by atoms with van der Waals surface area (Å²) in [4.78, 5) is 15.9. The molecular weight excluding hydrogens is 824 g/mol. The van der Waals surface area contributed by atoms with Gasteiger partial charge in [0.25, 0.3) is 0 Å². The average molecular weight is 863 g/mol. The second-order valence-electron chi connectivity index (χ2n) is 17.0. The second kappa shape index (κ2) is 15.3. The van der Waals surface area contributed by atoms with Crippen LogP contribution in [0.5, 0.6) is 0 Å². The van der Waals surface area contributed by atoms with Gasteiger partial charge in [-0.2, -0.15) is 0 Å². The number of hydrogen-bond donors (Lipinski definition) is 0. The fourth-order valence-corrected chi connectivity index (χ4v) is 10.3. The largest absolute Gasteiger partial charge is 0.310 e. The zero-order valence-corrected chi connectivity index (χ0v) is 36.1. The predicted molar refractivity (Wildman–Crippen MR) is 274 cm³/mol. The summed E-state index contributed by atoms with van der Waals surface area (Å²) < 4.78 is 20.7. The lowest BCUT2D eigenvalue weighted by atomic mass is 10.0. The Labute approximate surface area is 385 Å². The summed E-state index contributed by atoms with van der Waals surface area (Å²) >= 11 is 0. The molecular formula is C61H39FN4O. The lowest BCUT2D eigenvalue weighted by Crippen LogP contribution is -2.10. The minimum Gasteiger partial charge on any atom is -0.310 e. The molecule has 13 rings (SSSR count). The van der Waals surface area contributed by atoms with Crippen LogP contribution in [0.1, 0.15) is 15.9 Å². The molecule has 10 aromatic carbocycles. The van der Waals surface area contributed by atoms with Crippen molar-refractivity contribution in [2.24, 2.45) is 0 Å². The molecule has 0 spiro atoms. The monoisotopic (exact) mass is 862 g/mol. The Kier molecular flexibility index (Phi) is 8.80. The summed E-state index contributed by atoms with van der Waals surface area (Å²) in [6.45, 7) is 0. The van der Waals surface area contributed by atoms with Gasteiger partial charge < -0.3 is 18.6 Å². The first kappa shape index (κ1) is 38.5. The molecule has 0 saturated carbocycles. The van der Waals surface area contributed by atoms with Gasteiger partial charge in [-0.1, -0.05) is 91.0 Å². The van der Waals surface area contributed by atoms with Crippen molar-refractivity contribution in [3.63, 3.8) is 0 Å². The number of anilines is 3. The number of fused-ring (bicyclic) bond motifs is 9. The van der Waals surface area contributed by atoms with E-state index in [0.29, 0.717) is 11.1 Å². The summed E-state index contributed by atoms with van der Waals surface area (Å²) in [6.07, 6.45) is 0. The summed E-state index contributed by atoms with van der Waals surface area (Å²) in [7, 11) is 0. The van der Waals surface area contributed by atoms with Gasteiger partial charge in [0.15, 0.2) is 5.78 Å². The standard InChI is InChI=1S/C61H39FN4O/c62-42-24-21-40(22-25-42)61(67)41-23-38-60-54(39-41)53-15-5-10-20-59(53)66(60)48-36-30-45(31-37-48)63(43-26-32-46(33-27-43)64-55-16-6-1-11-49(55)50-12-2-7-17-56(50)64)44-28-34-47(35-29-44)65-57-18-8-3-13-51(57)52-14-4-9-19-58(52)65/h1-39H. The molecule has 13 aromatic rings. The van der Waals surface area contributed by atoms with E-state index in [2.05, 4.69) is 201 Å². The molecule has 0 saturated heterocycles. The number of aromatic nitrogens is 3. The molecule has 0 N–H and O–H groups in total. The van der Waals surface area contributed by atoms with E-state index in [1.807, 2.05) is 30.3 Å². The first-order valence-corrected chi connectivity index (χ1v) is 22.5. The van der Waals surface area contributed by atoms with Crippen LogP contribution in [0.3, 0.4) is 0 Å². The normalized spacial score (nSPS) is 11.7. The molecule has 0 aliphatic carbocycles. The van der Waals surface area contributed by atoms with Gasteiger partial charge in [-0.05, 0) is 146 Å². The molecule has 0 unspecified atom stereocenters. The SMILES string of the molecule is O=C(c1ccc(F)cc1)c1ccc2c(c1)c1ccccc1n2-c1ccc(N(c2ccc(-n3c4ccccc4c4ccccc43)cc2)c2ccc(-n3c4ccccc4c4ccccc43)cc2)cc1. The lowest BCUT2D eigenvalue weighted by molar-refractivity contribution is 0.103. The van der Waals surface area contributed by atoms with Gasteiger partial charge in [0.2, 0.25) is 0 Å². The van der Waals surface area contributed by atoms with Crippen LogP contribution in [0.4, 0.5) is 21.5 Å². The van der Waals surface area contributed by atoms with Crippen LogP contribution >= 0.6 is 0 Å². The van der Waals surface area contributed by atoms with E-state index >= 15 is 0 Å². The third-order valence-electron chi connectivity index (χ3n) is 13.3. The summed E-state index contributed by atoms with van der Waals surface area (Å²) in [5.41, 5.74) is 14.0. The van der Waals surface area contributed by atoms with Gasteiger partial charge in [-0.15, -0.1) is 0 Å². The number of carbonyl (C=O) groups excluding carboxylic acids is 1. The fraction of sp³-hybridized carbons (Fsp3) is 0. The molecule has 0 bridgehead atoms. The number of benzene rings is 10. The molecule has 3 heterocycles. The zero-order valence-electron chi connectivity index (χ0n) is 36.1. The van der Waals surface area contributed by atoms with Crippen LogP contribution in [0.15, 0.2) is 237 Å². The Balaban J connectivity index is 0.924. The third kappa shape index (κ3) is 6.18. The molecule has 5 nitrogen and oxygen atoms in total. The van der Waals surface area contributed by atoms with Crippen molar-refractivity contribution in [2.45, 2.75) is 0 Å². The molecule has 6 heteroatoms. The number of rotatable bonds is 8. The van der Waals surface area contributed by atoms with Crippen LogP contribution in [0.25, 0.3) is 82.5 Å². The number of para-hydroxylation sites is 5. The Morgan fingerprint density at radius 1 is 0.313 bits per heavy atom. The number of halogens is 1. The van der Waals surface area contributed by atoms with Crippen LogP contribution in [-0.2, 0) is 0 Å². The van der Waals surface area contributed by atoms with E-state index in [9.17, 15) is 9.18 Å². The van der Waals surface area contributed by atoms with Crippen LogP contribution in [0, 0.1) is 5.82 Å². The molecule has 316 valence electrons. The maximum Gasteiger partial charge on any atom is 0.193 e. The van der Waals surface area contributed by atoms with Gasteiger partial charge in [-0.25, -0.2) is 4.39 Å². The van der Waals surface area contributed by atoms with Gasteiger partial charge in [0.05, 0.1) is 33.1 Å². The van der Waals surface area contributed by atoms with E-state index in [4.69, 9.17) is 0 Å². The number of carbonyl (C=O) groups is 1. The Bertz CT molecular complexity index is 3780. The quantitative estimate of drug-likeness (QED) is 0.143. The predicted octanol–water partition coefficient (Wildman–Crippen LogP) is 15.8. The minimum absolute atomic E-state index is 0.144. The van der Waals surface area contributed by atoms with E-state index in [0.717, 1.165) is 55.9 Å². The van der Waals surface area contributed by atoms with E-state index in [1.165, 1.54) is 67.9 Å². The minimum atomic E-state index is -0.369. The molecule has 67 heavy (non-hydrogen) atoms. The Morgan fingerprint density at radius 3 is 0.970 bits per heavy atom. The van der Waals surface area contributed by atoms with Crippen LogP contribution < -0.4 is 4.90 Å². The summed E-state index contributed by atoms with van der Waals surface area (Å²) in [6, 6.07) is 80.7. The van der Waals surface area contributed by atoms with Crippen molar-refractivity contribution in [3.8, 4) is 17.1 Å². The number of nitrogens with zero attached hydrogens (tertiary/aromatic N) is 4. The van der Waals surface area contributed by atoms with Gasteiger partial charge in [0.1, 0.15) is 5.82 Å². The molecule has 3 aromatic heterocycles. The maximum absolute atomic E-state index is 13.7. The number of hydrogen-bond acceptors (Lipinski definition) is 2. The van der Waals surface area contributed by atoms with Crippen molar-refractivity contribution in [1.82, 2.24) is 13.7 Å². The topological polar surface area (TPSA) is 35.1 Å². The summed E-state index contributed by atoms with van der Waals surface area (Å²) in [5.74, 6) is -0.514.